The molecule has 2 saturated heterocycles. The van der Waals surface area contributed by atoms with Gasteiger partial charge in [-0.05, 0) is 50.7 Å². The average molecular weight is 259 g/mol. The van der Waals surface area contributed by atoms with Gasteiger partial charge >= 0.3 is 0 Å². The molecule has 2 aliphatic heterocycles. The number of piperazine rings is 1. The van der Waals surface area contributed by atoms with Gasteiger partial charge in [-0.2, -0.15) is 0 Å². The summed E-state index contributed by atoms with van der Waals surface area (Å²) < 4.78 is 0. The van der Waals surface area contributed by atoms with Crippen LogP contribution in [0.25, 0.3) is 0 Å². The van der Waals surface area contributed by atoms with E-state index in [4.69, 9.17) is 0 Å². The van der Waals surface area contributed by atoms with E-state index in [0.717, 1.165) is 19.6 Å². The van der Waals surface area contributed by atoms with Crippen molar-refractivity contribution < 1.29 is 0 Å². The molecule has 3 heteroatoms. The lowest BCUT2D eigenvalue weighted by atomic mass is 10.1. The molecule has 104 valence electrons. The summed E-state index contributed by atoms with van der Waals surface area (Å²) in [6, 6.07) is 9.15. The van der Waals surface area contributed by atoms with E-state index in [2.05, 4.69) is 46.0 Å². The van der Waals surface area contributed by atoms with Crippen LogP contribution in [0.15, 0.2) is 24.3 Å². The predicted octanol–water partition coefficient (Wildman–Crippen LogP) is 2.03. The fourth-order valence-electron chi connectivity index (χ4n) is 3.12. The molecule has 19 heavy (non-hydrogen) atoms. The van der Waals surface area contributed by atoms with Crippen LogP contribution in [0.5, 0.6) is 0 Å². The Morgan fingerprint density at radius 1 is 0.947 bits per heavy atom. The van der Waals surface area contributed by atoms with Gasteiger partial charge in [0.2, 0.25) is 0 Å². The smallest absolute Gasteiger partial charge is 0.0370 e. The van der Waals surface area contributed by atoms with Crippen LogP contribution in [0.2, 0.25) is 0 Å². The van der Waals surface area contributed by atoms with Gasteiger partial charge in [0.1, 0.15) is 0 Å². The average Bonchev–Trinajstić information content (AvgIpc) is 2.93. The first-order valence-electron chi connectivity index (χ1n) is 7.56. The first-order valence-corrected chi connectivity index (χ1v) is 7.56. The summed E-state index contributed by atoms with van der Waals surface area (Å²) in [5, 5.41) is 0. The molecule has 0 radical (unpaired) electrons. The van der Waals surface area contributed by atoms with E-state index in [0.29, 0.717) is 0 Å². The first kappa shape index (κ1) is 12.9. The van der Waals surface area contributed by atoms with Crippen molar-refractivity contribution in [3.63, 3.8) is 0 Å². The molecular formula is C16H25N3. The van der Waals surface area contributed by atoms with E-state index in [1.165, 1.54) is 50.3 Å². The number of hydrogen-bond donors (Lipinski definition) is 0. The third-order valence-corrected chi connectivity index (χ3v) is 4.38. The second kappa shape index (κ2) is 5.93. The summed E-state index contributed by atoms with van der Waals surface area (Å²) in [6.07, 6.45) is 2.75. The summed E-state index contributed by atoms with van der Waals surface area (Å²) in [5.41, 5.74) is 2.88. The molecule has 0 aliphatic carbocycles. The Balaban J connectivity index is 1.65. The second-order valence-electron chi connectivity index (χ2n) is 5.94. The monoisotopic (exact) mass is 259 g/mol. The minimum Gasteiger partial charge on any atom is -0.369 e. The van der Waals surface area contributed by atoms with Crippen LogP contribution in [0, 0.1) is 0 Å². The molecular weight excluding hydrogens is 234 g/mol. The van der Waals surface area contributed by atoms with Gasteiger partial charge in [-0.1, -0.05) is 12.1 Å². The van der Waals surface area contributed by atoms with Crippen LogP contribution in [0.1, 0.15) is 18.4 Å². The van der Waals surface area contributed by atoms with E-state index in [-0.39, 0.29) is 0 Å². The molecule has 0 spiro atoms. The Bertz CT molecular complexity index is 404. The topological polar surface area (TPSA) is 9.72 Å². The SMILES string of the molecule is CN1CCN(c2cccc(CN3CCCC3)c2)CC1. The van der Waals surface area contributed by atoms with Gasteiger partial charge in [0.25, 0.3) is 0 Å². The van der Waals surface area contributed by atoms with Gasteiger partial charge in [-0.3, -0.25) is 4.90 Å². The third kappa shape index (κ3) is 3.28. The summed E-state index contributed by atoms with van der Waals surface area (Å²) in [6.45, 7) is 8.35. The highest BCUT2D eigenvalue weighted by Crippen LogP contribution is 2.20. The van der Waals surface area contributed by atoms with Crippen molar-refractivity contribution in [3.05, 3.63) is 29.8 Å². The molecule has 2 heterocycles. The van der Waals surface area contributed by atoms with Crippen LogP contribution in [-0.2, 0) is 6.54 Å². The normalized spacial score (nSPS) is 22.1. The Kier molecular flexibility index (Phi) is 4.04. The number of likely N-dealkylation sites (tertiary alicyclic amines) is 1. The Morgan fingerprint density at radius 3 is 2.42 bits per heavy atom. The molecule has 1 aromatic carbocycles. The molecule has 0 unspecified atom stereocenters. The van der Waals surface area contributed by atoms with Gasteiger partial charge in [-0.25, -0.2) is 0 Å². The van der Waals surface area contributed by atoms with E-state index < -0.39 is 0 Å². The molecule has 0 aromatic heterocycles. The molecule has 0 atom stereocenters. The molecule has 3 rings (SSSR count). The minimum atomic E-state index is 1.13. The van der Waals surface area contributed by atoms with E-state index >= 15 is 0 Å². The molecule has 0 bridgehead atoms. The molecule has 0 amide bonds. The minimum absolute atomic E-state index is 1.13. The standard InChI is InChI=1S/C16H25N3/c1-17-9-11-19(12-10-17)16-6-4-5-15(13-16)14-18-7-2-3-8-18/h4-6,13H,2-3,7-12,14H2,1H3. The lowest BCUT2D eigenvalue weighted by Crippen LogP contribution is -2.44. The number of hydrogen-bond acceptors (Lipinski definition) is 3. The summed E-state index contributed by atoms with van der Waals surface area (Å²) in [7, 11) is 2.21. The molecule has 2 fully saturated rings. The Hall–Kier alpha value is -1.06. The number of benzene rings is 1. The van der Waals surface area contributed by atoms with Gasteiger partial charge in [0, 0.05) is 38.4 Å². The van der Waals surface area contributed by atoms with Crippen LogP contribution in [0.3, 0.4) is 0 Å². The fourth-order valence-corrected chi connectivity index (χ4v) is 3.12. The van der Waals surface area contributed by atoms with Crippen molar-refractivity contribution in [1.29, 1.82) is 0 Å². The quantitative estimate of drug-likeness (QED) is 0.822. The number of likely N-dealkylation sites (N-methyl/N-ethyl adjacent to an activating group) is 1. The lowest BCUT2D eigenvalue weighted by molar-refractivity contribution is 0.312. The van der Waals surface area contributed by atoms with Crippen molar-refractivity contribution in [2.24, 2.45) is 0 Å². The number of nitrogens with zero attached hydrogens (tertiary/aromatic N) is 3. The van der Waals surface area contributed by atoms with Crippen LogP contribution in [-0.4, -0.2) is 56.1 Å². The maximum Gasteiger partial charge on any atom is 0.0370 e. The molecule has 2 aliphatic rings. The highest BCUT2D eigenvalue weighted by molar-refractivity contribution is 5.49. The largest absolute Gasteiger partial charge is 0.369 e. The molecule has 3 nitrogen and oxygen atoms in total. The van der Waals surface area contributed by atoms with Crippen molar-refractivity contribution in [2.75, 3.05) is 51.2 Å². The number of rotatable bonds is 3. The Morgan fingerprint density at radius 2 is 1.68 bits per heavy atom. The van der Waals surface area contributed by atoms with E-state index in [1.54, 1.807) is 0 Å². The van der Waals surface area contributed by atoms with Gasteiger partial charge < -0.3 is 9.80 Å². The molecule has 0 N–H and O–H groups in total. The summed E-state index contributed by atoms with van der Waals surface area (Å²) in [4.78, 5) is 7.50. The lowest BCUT2D eigenvalue weighted by Gasteiger charge is -2.34. The van der Waals surface area contributed by atoms with Crippen molar-refractivity contribution in [2.45, 2.75) is 19.4 Å². The first-order chi connectivity index (χ1) is 9.31. The maximum atomic E-state index is 2.57. The van der Waals surface area contributed by atoms with Gasteiger partial charge in [0.05, 0.1) is 0 Å². The van der Waals surface area contributed by atoms with E-state index in [9.17, 15) is 0 Å². The number of anilines is 1. The van der Waals surface area contributed by atoms with Crippen LogP contribution in [0.4, 0.5) is 5.69 Å². The van der Waals surface area contributed by atoms with Crippen molar-refractivity contribution >= 4 is 5.69 Å². The zero-order valence-electron chi connectivity index (χ0n) is 12.0. The maximum absolute atomic E-state index is 2.57. The molecule has 1 aromatic rings. The van der Waals surface area contributed by atoms with Crippen molar-refractivity contribution in [1.82, 2.24) is 9.80 Å². The zero-order valence-corrected chi connectivity index (χ0v) is 12.0. The van der Waals surface area contributed by atoms with E-state index in [1.807, 2.05) is 0 Å². The summed E-state index contributed by atoms with van der Waals surface area (Å²) >= 11 is 0. The highest BCUT2D eigenvalue weighted by atomic mass is 15.2. The van der Waals surface area contributed by atoms with Crippen molar-refractivity contribution in [3.8, 4) is 0 Å². The highest BCUT2D eigenvalue weighted by Gasteiger charge is 2.15. The predicted molar refractivity (Wildman–Crippen MR) is 80.7 cm³/mol. The zero-order chi connectivity index (χ0) is 13.1. The Labute approximate surface area is 116 Å². The second-order valence-corrected chi connectivity index (χ2v) is 5.94. The van der Waals surface area contributed by atoms with Crippen LogP contribution >= 0.6 is 0 Å². The summed E-state index contributed by atoms with van der Waals surface area (Å²) in [5.74, 6) is 0. The van der Waals surface area contributed by atoms with Crippen LogP contribution < -0.4 is 4.90 Å². The van der Waals surface area contributed by atoms with Gasteiger partial charge in [-0.15, -0.1) is 0 Å². The molecule has 0 saturated carbocycles. The third-order valence-electron chi connectivity index (χ3n) is 4.38. The van der Waals surface area contributed by atoms with Gasteiger partial charge in [0.15, 0.2) is 0 Å². The fraction of sp³-hybridized carbons (Fsp3) is 0.625.